The summed E-state index contributed by atoms with van der Waals surface area (Å²) in [6, 6.07) is 4.24. The van der Waals surface area contributed by atoms with Crippen LogP contribution >= 0.6 is 0 Å². The van der Waals surface area contributed by atoms with Gasteiger partial charge in [-0.1, -0.05) is 13.8 Å². The van der Waals surface area contributed by atoms with E-state index in [1.165, 1.54) is 11.1 Å². The van der Waals surface area contributed by atoms with Gasteiger partial charge in [0, 0.05) is 19.6 Å². The molecule has 118 valence electrons. The molecule has 0 amide bonds. The van der Waals surface area contributed by atoms with Gasteiger partial charge in [0.2, 0.25) is 0 Å². The summed E-state index contributed by atoms with van der Waals surface area (Å²) in [4.78, 5) is 2.50. The van der Waals surface area contributed by atoms with E-state index in [1.807, 2.05) is 0 Å². The van der Waals surface area contributed by atoms with Gasteiger partial charge in [-0.3, -0.25) is 4.90 Å². The van der Waals surface area contributed by atoms with Crippen LogP contribution in [0.25, 0.3) is 0 Å². The summed E-state index contributed by atoms with van der Waals surface area (Å²) < 4.78 is 10.8. The summed E-state index contributed by atoms with van der Waals surface area (Å²) in [5.41, 5.74) is 8.86. The van der Waals surface area contributed by atoms with Gasteiger partial charge in [-0.15, -0.1) is 0 Å². The molecule has 0 aromatic heterocycles. The van der Waals surface area contributed by atoms with E-state index in [1.54, 1.807) is 14.2 Å². The van der Waals surface area contributed by atoms with Gasteiger partial charge in [-0.25, -0.2) is 0 Å². The maximum absolute atomic E-state index is 5.95. The first-order valence-corrected chi connectivity index (χ1v) is 7.71. The molecule has 2 N–H and O–H groups in total. The predicted molar refractivity (Wildman–Crippen MR) is 86.0 cm³/mol. The molecule has 2 rings (SSSR count). The molecule has 0 saturated heterocycles. The van der Waals surface area contributed by atoms with Crippen LogP contribution in [0.1, 0.15) is 31.4 Å². The van der Waals surface area contributed by atoms with E-state index in [0.29, 0.717) is 0 Å². The van der Waals surface area contributed by atoms with Crippen LogP contribution in [0, 0.1) is 5.41 Å². The average Bonchev–Trinajstić information content (AvgIpc) is 2.53. The Balaban J connectivity index is 2.16. The Morgan fingerprint density at radius 3 is 2.33 bits per heavy atom. The number of ether oxygens (including phenoxy) is 2. The molecule has 4 heteroatoms. The lowest BCUT2D eigenvalue weighted by Crippen LogP contribution is -2.42. The van der Waals surface area contributed by atoms with Gasteiger partial charge >= 0.3 is 0 Å². The Labute approximate surface area is 128 Å². The van der Waals surface area contributed by atoms with Crippen molar-refractivity contribution in [3.63, 3.8) is 0 Å². The molecule has 0 saturated carbocycles. The number of fused-ring (bicyclic) bond motifs is 1. The number of methoxy groups -OCH3 is 2. The van der Waals surface area contributed by atoms with Gasteiger partial charge in [0.05, 0.1) is 14.2 Å². The molecule has 0 fully saturated rings. The largest absolute Gasteiger partial charge is 0.493 e. The van der Waals surface area contributed by atoms with E-state index in [-0.39, 0.29) is 5.41 Å². The minimum atomic E-state index is 0.202. The second-order valence-corrected chi connectivity index (χ2v) is 6.30. The Bertz CT molecular complexity index is 484. The normalized spacial score (nSPS) is 18.0. The number of hydrogen-bond acceptors (Lipinski definition) is 4. The second-order valence-electron chi connectivity index (χ2n) is 6.30. The van der Waals surface area contributed by atoms with E-state index in [2.05, 4.69) is 30.9 Å². The van der Waals surface area contributed by atoms with Crippen molar-refractivity contribution in [2.24, 2.45) is 11.1 Å². The second kappa shape index (κ2) is 6.67. The Morgan fingerprint density at radius 1 is 1.19 bits per heavy atom. The summed E-state index contributed by atoms with van der Waals surface area (Å²) in [5, 5.41) is 0. The third-order valence-electron chi connectivity index (χ3n) is 4.75. The number of benzene rings is 1. The Kier molecular flexibility index (Phi) is 5.12. The van der Waals surface area contributed by atoms with E-state index < -0.39 is 0 Å². The number of nitrogens with zero attached hydrogens (tertiary/aromatic N) is 1. The smallest absolute Gasteiger partial charge is 0.161 e. The molecule has 1 heterocycles. The third-order valence-corrected chi connectivity index (χ3v) is 4.75. The maximum Gasteiger partial charge on any atom is 0.161 e. The summed E-state index contributed by atoms with van der Waals surface area (Å²) in [7, 11) is 3.38. The molecule has 0 aliphatic carbocycles. The fourth-order valence-electron chi connectivity index (χ4n) is 2.94. The topological polar surface area (TPSA) is 47.7 Å². The lowest BCUT2D eigenvalue weighted by molar-refractivity contribution is 0.151. The van der Waals surface area contributed by atoms with Crippen molar-refractivity contribution in [2.45, 2.75) is 33.2 Å². The predicted octanol–water partition coefficient (Wildman–Crippen LogP) is 2.44. The molecule has 0 bridgehead atoms. The number of nitrogens with two attached hydrogens (primary N) is 1. The molecule has 1 aromatic carbocycles. The van der Waals surface area contributed by atoms with Crippen molar-refractivity contribution in [1.29, 1.82) is 0 Å². The lowest BCUT2D eigenvalue weighted by Gasteiger charge is -2.37. The van der Waals surface area contributed by atoms with Crippen molar-refractivity contribution in [3.05, 3.63) is 23.3 Å². The summed E-state index contributed by atoms with van der Waals surface area (Å²) in [5.74, 6) is 1.64. The molecule has 0 radical (unpaired) electrons. The zero-order valence-electron chi connectivity index (χ0n) is 13.7. The summed E-state index contributed by atoms with van der Waals surface area (Å²) >= 11 is 0. The third kappa shape index (κ3) is 3.50. The van der Waals surface area contributed by atoms with E-state index >= 15 is 0 Å². The first kappa shape index (κ1) is 16.1. The summed E-state index contributed by atoms with van der Waals surface area (Å²) in [6.07, 6.45) is 2.17. The van der Waals surface area contributed by atoms with Crippen LogP contribution in [-0.2, 0) is 13.0 Å². The van der Waals surface area contributed by atoms with Crippen molar-refractivity contribution in [1.82, 2.24) is 4.90 Å². The van der Waals surface area contributed by atoms with Crippen LogP contribution in [0.4, 0.5) is 0 Å². The molecule has 1 unspecified atom stereocenters. The monoisotopic (exact) mass is 292 g/mol. The Hall–Kier alpha value is -1.26. The zero-order chi connectivity index (χ0) is 15.5. The SMILES string of the molecule is CCC(C)(CN)CN1CCc2cc(OC)c(OC)cc2C1. The van der Waals surface area contributed by atoms with Gasteiger partial charge in [-0.05, 0) is 48.1 Å². The molecule has 1 aliphatic rings. The fourth-order valence-corrected chi connectivity index (χ4v) is 2.94. The van der Waals surface area contributed by atoms with Gasteiger partial charge in [0.15, 0.2) is 11.5 Å². The lowest BCUT2D eigenvalue weighted by atomic mass is 9.86. The van der Waals surface area contributed by atoms with Crippen LogP contribution < -0.4 is 15.2 Å². The Morgan fingerprint density at radius 2 is 1.81 bits per heavy atom. The van der Waals surface area contributed by atoms with E-state index in [0.717, 1.165) is 50.5 Å². The molecule has 1 atom stereocenters. The van der Waals surface area contributed by atoms with Crippen molar-refractivity contribution in [2.75, 3.05) is 33.9 Å². The van der Waals surface area contributed by atoms with Crippen molar-refractivity contribution in [3.8, 4) is 11.5 Å². The minimum Gasteiger partial charge on any atom is -0.493 e. The van der Waals surface area contributed by atoms with Gasteiger partial charge in [0.25, 0.3) is 0 Å². The van der Waals surface area contributed by atoms with Crippen molar-refractivity contribution < 1.29 is 9.47 Å². The van der Waals surface area contributed by atoms with Crippen LogP contribution in [0.2, 0.25) is 0 Å². The van der Waals surface area contributed by atoms with Crippen molar-refractivity contribution >= 4 is 0 Å². The molecule has 1 aromatic rings. The van der Waals surface area contributed by atoms with Crippen LogP contribution in [0.15, 0.2) is 12.1 Å². The maximum atomic E-state index is 5.95. The first-order valence-electron chi connectivity index (χ1n) is 7.71. The molecule has 0 spiro atoms. The van der Waals surface area contributed by atoms with Gasteiger partial charge in [-0.2, -0.15) is 0 Å². The molecule has 21 heavy (non-hydrogen) atoms. The van der Waals surface area contributed by atoms with Crippen LogP contribution in [-0.4, -0.2) is 38.8 Å². The highest BCUT2D eigenvalue weighted by Gasteiger charge is 2.26. The molecular weight excluding hydrogens is 264 g/mol. The highest BCUT2D eigenvalue weighted by molar-refractivity contribution is 5.48. The highest BCUT2D eigenvalue weighted by atomic mass is 16.5. The summed E-state index contributed by atoms with van der Waals surface area (Å²) in [6.45, 7) is 8.33. The first-order chi connectivity index (χ1) is 10.0. The fraction of sp³-hybridized carbons (Fsp3) is 0.647. The minimum absolute atomic E-state index is 0.202. The standard InChI is InChI=1S/C17H28N2O2/c1-5-17(2,11-18)12-19-7-6-13-8-15(20-3)16(21-4)9-14(13)10-19/h8-9H,5-7,10-12,18H2,1-4H3. The van der Waals surface area contributed by atoms with E-state index in [9.17, 15) is 0 Å². The van der Waals surface area contributed by atoms with Gasteiger partial charge < -0.3 is 15.2 Å². The average molecular weight is 292 g/mol. The number of rotatable bonds is 6. The van der Waals surface area contributed by atoms with Gasteiger partial charge in [0.1, 0.15) is 0 Å². The molecule has 1 aliphatic heterocycles. The van der Waals surface area contributed by atoms with Crippen LogP contribution in [0.3, 0.4) is 0 Å². The molecular formula is C17H28N2O2. The molecule has 4 nitrogen and oxygen atoms in total. The quantitative estimate of drug-likeness (QED) is 0.875. The number of hydrogen-bond donors (Lipinski definition) is 1. The zero-order valence-corrected chi connectivity index (χ0v) is 13.7. The van der Waals surface area contributed by atoms with E-state index in [4.69, 9.17) is 15.2 Å². The van der Waals surface area contributed by atoms with Crippen LogP contribution in [0.5, 0.6) is 11.5 Å². The highest BCUT2D eigenvalue weighted by Crippen LogP contribution is 2.34.